The molecule has 3 nitrogen and oxygen atoms in total. The Bertz CT molecular complexity index is 236. The lowest BCUT2D eigenvalue weighted by Crippen LogP contribution is -2.55. The Morgan fingerprint density at radius 3 is 2.27 bits per heavy atom. The van der Waals surface area contributed by atoms with Gasteiger partial charge in [0.2, 0.25) is 5.91 Å². The molecule has 15 heavy (non-hydrogen) atoms. The zero-order chi connectivity index (χ0) is 11.7. The second kappa shape index (κ2) is 4.12. The standard InChI is InChI=1S/C12H24N2O/c1-11(2,12(3,4)13)10(15)14-8-7-9-5-6-9/h9H,5-8,13H2,1-4H3,(H,14,15). The molecule has 0 aliphatic heterocycles. The third kappa shape index (κ3) is 3.20. The number of amides is 1. The van der Waals surface area contributed by atoms with Gasteiger partial charge in [0.1, 0.15) is 0 Å². The van der Waals surface area contributed by atoms with Crippen molar-refractivity contribution >= 4 is 5.91 Å². The van der Waals surface area contributed by atoms with E-state index in [1.807, 2.05) is 27.7 Å². The Morgan fingerprint density at radius 2 is 1.87 bits per heavy atom. The van der Waals surface area contributed by atoms with Crippen LogP contribution in [0, 0.1) is 11.3 Å². The molecule has 0 unspecified atom stereocenters. The van der Waals surface area contributed by atoms with E-state index in [-0.39, 0.29) is 5.91 Å². The molecule has 0 radical (unpaired) electrons. The molecule has 0 bridgehead atoms. The van der Waals surface area contributed by atoms with Gasteiger partial charge in [0.15, 0.2) is 0 Å². The van der Waals surface area contributed by atoms with Gasteiger partial charge in [-0.15, -0.1) is 0 Å². The molecule has 1 fully saturated rings. The van der Waals surface area contributed by atoms with Crippen LogP contribution in [-0.2, 0) is 4.79 Å². The summed E-state index contributed by atoms with van der Waals surface area (Å²) in [5.41, 5.74) is 4.99. The first-order valence-corrected chi connectivity index (χ1v) is 5.82. The number of hydrogen-bond donors (Lipinski definition) is 2. The molecule has 88 valence electrons. The molecular formula is C12H24N2O. The van der Waals surface area contributed by atoms with Gasteiger partial charge in [0.25, 0.3) is 0 Å². The van der Waals surface area contributed by atoms with Crippen molar-refractivity contribution in [3.05, 3.63) is 0 Å². The molecule has 1 amide bonds. The quantitative estimate of drug-likeness (QED) is 0.728. The fourth-order valence-electron chi connectivity index (χ4n) is 1.31. The molecule has 1 aliphatic rings. The minimum absolute atomic E-state index is 0.0654. The van der Waals surface area contributed by atoms with Gasteiger partial charge in [-0.3, -0.25) is 4.79 Å². The highest BCUT2D eigenvalue weighted by Crippen LogP contribution is 2.32. The maximum Gasteiger partial charge on any atom is 0.227 e. The monoisotopic (exact) mass is 212 g/mol. The lowest BCUT2D eigenvalue weighted by molar-refractivity contribution is -0.132. The first-order chi connectivity index (χ1) is 6.75. The molecule has 1 rings (SSSR count). The molecule has 0 aromatic rings. The summed E-state index contributed by atoms with van der Waals surface area (Å²) >= 11 is 0. The van der Waals surface area contributed by atoms with E-state index in [2.05, 4.69) is 5.32 Å². The van der Waals surface area contributed by atoms with Gasteiger partial charge in [-0.25, -0.2) is 0 Å². The number of nitrogens with two attached hydrogens (primary N) is 1. The molecular weight excluding hydrogens is 188 g/mol. The van der Waals surface area contributed by atoms with E-state index in [4.69, 9.17) is 5.73 Å². The van der Waals surface area contributed by atoms with Crippen molar-refractivity contribution in [2.24, 2.45) is 17.1 Å². The van der Waals surface area contributed by atoms with Gasteiger partial charge in [-0.05, 0) is 40.0 Å². The van der Waals surface area contributed by atoms with E-state index in [9.17, 15) is 4.79 Å². The van der Waals surface area contributed by atoms with Crippen LogP contribution in [0.5, 0.6) is 0 Å². The highest BCUT2D eigenvalue weighted by Gasteiger charge is 2.40. The maximum absolute atomic E-state index is 11.9. The SMILES string of the molecule is CC(C)(N)C(C)(C)C(=O)NCCC1CC1. The summed E-state index contributed by atoms with van der Waals surface area (Å²) in [4.78, 5) is 11.9. The summed E-state index contributed by atoms with van der Waals surface area (Å²) in [7, 11) is 0. The van der Waals surface area contributed by atoms with Crippen molar-refractivity contribution in [1.82, 2.24) is 5.32 Å². The Morgan fingerprint density at radius 1 is 1.33 bits per heavy atom. The van der Waals surface area contributed by atoms with Crippen LogP contribution in [0.25, 0.3) is 0 Å². The number of carbonyl (C=O) groups is 1. The summed E-state index contributed by atoms with van der Waals surface area (Å²) < 4.78 is 0. The minimum atomic E-state index is -0.517. The summed E-state index contributed by atoms with van der Waals surface area (Å²) in [6.45, 7) is 8.39. The van der Waals surface area contributed by atoms with E-state index < -0.39 is 11.0 Å². The van der Waals surface area contributed by atoms with Crippen molar-refractivity contribution in [2.75, 3.05) is 6.54 Å². The van der Waals surface area contributed by atoms with Crippen LogP contribution in [0.4, 0.5) is 0 Å². The third-order valence-electron chi connectivity index (χ3n) is 3.71. The molecule has 3 N–H and O–H groups in total. The van der Waals surface area contributed by atoms with Gasteiger partial charge in [0, 0.05) is 12.1 Å². The van der Waals surface area contributed by atoms with Crippen LogP contribution >= 0.6 is 0 Å². The van der Waals surface area contributed by atoms with Crippen molar-refractivity contribution in [2.45, 2.75) is 52.5 Å². The highest BCUT2D eigenvalue weighted by atomic mass is 16.2. The Balaban J connectivity index is 2.36. The average Bonchev–Trinajstić information content (AvgIpc) is 2.85. The summed E-state index contributed by atoms with van der Waals surface area (Å²) in [5.74, 6) is 0.926. The Kier molecular flexibility index (Phi) is 3.44. The van der Waals surface area contributed by atoms with Gasteiger partial charge in [-0.1, -0.05) is 12.8 Å². The Hall–Kier alpha value is -0.570. The highest BCUT2D eigenvalue weighted by molar-refractivity contribution is 5.83. The maximum atomic E-state index is 11.9. The lowest BCUT2D eigenvalue weighted by atomic mass is 9.74. The molecule has 0 spiro atoms. The van der Waals surface area contributed by atoms with E-state index in [0.717, 1.165) is 18.9 Å². The molecule has 0 aromatic carbocycles. The van der Waals surface area contributed by atoms with Crippen LogP contribution < -0.4 is 11.1 Å². The van der Waals surface area contributed by atoms with Crippen LogP contribution in [0.3, 0.4) is 0 Å². The lowest BCUT2D eigenvalue weighted by Gasteiger charge is -2.36. The number of rotatable bonds is 5. The molecule has 0 saturated heterocycles. The predicted octanol–water partition coefficient (Wildman–Crippen LogP) is 1.67. The third-order valence-corrected chi connectivity index (χ3v) is 3.71. The Labute approximate surface area is 92.8 Å². The largest absolute Gasteiger partial charge is 0.356 e. The van der Waals surface area contributed by atoms with Gasteiger partial charge >= 0.3 is 0 Å². The van der Waals surface area contributed by atoms with E-state index in [0.29, 0.717) is 0 Å². The first kappa shape index (κ1) is 12.5. The van der Waals surface area contributed by atoms with Crippen LogP contribution in [0.1, 0.15) is 47.0 Å². The average molecular weight is 212 g/mol. The fourth-order valence-corrected chi connectivity index (χ4v) is 1.31. The molecule has 1 saturated carbocycles. The first-order valence-electron chi connectivity index (χ1n) is 5.82. The van der Waals surface area contributed by atoms with Crippen LogP contribution in [0.15, 0.2) is 0 Å². The normalized spacial score (nSPS) is 17.7. The second-order valence-electron chi connectivity index (χ2n) is 5.83. The molecule has 1 aliphatic carbocycles. The zero-order valence-electron chi connectivity index (χ0n) is 10.4. The number of hydrogen-bond acceptors (Lipinski definition) is 2. The minimum Gasteiger partial charge on any atom is -0.356 e. The van der Waals surface area contributed by atoms with Gasteiger partial charge in [0.05, 0.1) is 5.41 Å². The molecule has 3 heteroatoms. The van der Waals surface area contributed by atoms with E-state index in [1.165, 1.54) is 12.8 Å². The van der Waals surface area contributed by atoms with Crippen LogP contribution in [-0.4, -0.2) is 18.0 Å². The fraction of sp³-hybridized carbons (Fsp3) is 0.917. The summed E-state index contributed by atoms with van der Waals surface area (Å²) in [6, 6.07) is 0. The van der Waals surface area contributed by atoms with E-state index >= 15 is 0 Å². The van der Waals surface area contributed by atoms with Crippen LogP contribution in [0.2, 0.25) is 0 Å². The van der Waals surface area contributed by atoms with Gasteiger partial charge < -0.3 is 11.1 Å². The summed E-state index contributed by atoms with van der Waals surface area (Å²) in [5, 5.41) is 2.98. The topological polar surface area (TPSA) is 55.1 Å². The van der Waals surface area contributed by atoms with Crippen molar-refractivity contribution in [3.8, 4) is 0 Å². The molecule has 0 heterocycles. The molecule has 0 atom stereocenters. The smallest absolute Gasteiger partial charge is 0.227 e. The zero-order valence-corrected chi connectivity index (χ0v) is 10.4. The number of carbonyl (C=O) groups excluding carboxylic acids is 1. The van der Waals surface area contributed by atoms with Crippen molar-refractivity contribution < 1.29 is 4.79 Å². The van der Waals surface area contributed by atoms with Crippen molar-refractivity contribution in [1.29, 1.82) is 0 Å². The predicted molar refractivity (Wildman–Crippen MR) is 62.4 cm³/mol. The molecule has 0 aromatic heterocycles. The number of nitrogens with one attached hydrogen (secondary N) is 1. The van der Waals surface area contributed by atoms with Crippen molar-refractivity contribution in [3.63, 3.8) is 0 Å². The van der Waals surface area contributed by atoms with E-state index in [1.54, 1.807) is 0 Å². The second-order valence-corrected chi connectivity index (χ2v) is 5.83. The summed E-state index contributed by atoms with van der Waals surface area (Å²) in [6.07, 6.45) is 3.79. The van der Waals surface area contributed by atoms with Gasteiger partial charge in [-0.2, -0.15) is 0 Å².